The number of carbonyl (C=O) groups is 1. The number of anilines is 2. The van der Waals surface area contributed by atoms with Gasteiger partial charge in [0, 0.05) is 5.69 Å². The lowest BCUT2D eigenvalue weighted by Crippen LogP contribution is -2.19. The van der Waals surface area contributed by atoms with Gasteiger partial charge in [0.05, 0.1) is 40.4 Å². The van der Waals surface area contributed by atoms with Gasteiger partial charge in [-0.25, -0.2) is 9.48 Å². The lowest BCUT2D eigenvalue weighted by atomic mass is 10.2. The van der Waals surface area contributed by atoms with Gasteiger partial charge in [-0.1, -0.05) is 23.7 Å². The van der Waals surface area contributed by atoms with Crippen LogP contribution in [0.2, 0.25) is 5.02 Å². The summed E-state index contributed by atoms with van der Waals surface area (Å²) in [7, 11) is 0. The van der Waals surface area contributed by atoms with Gasteiger partial charge < -0.3 is 10.6 Å². The van der Waals surface area contributed by atoms with Crippen LogP contribution in [0.4, 0.5) is 16.2 Å². The van der Waals surface area contributed by atoms with Crippen molar-refractivity contribution in [1.82, 2.24) is 9.78 Å². The van der Waals surface area contributed by atoms with E-state index in [0.29, 0.717) is 22.0 Å². The predicted octanol–water partition coefficient (Wildman–Crippen LogP) is 4.04. The number of para-hydroxylation sites is 1. The largest absolute Gasteiger partial charge is 0.323 e. The molecule has 0 aliphatic heterocycles. The summed E-state index contributed by atoms with van der Waals surface area (Å²) in [6.07, 6.45) is 3.20. The number of aromatic nitrogens is 2. The number of nitriles is 1. The van der Waals surface area contributed by atoms with Crippen molar-refractivity contribution >= 4 is 29.0 Å². The molecule has 0 aliphatic rings. The van der Waals surface area contributed by atoms with E-state index in [4.69, 9.17) is 16.9 Å². The molecule has 1 aromatic heterocycles. The van der Waals surface area contributed by atoms with Crippen LogP contribution in [-0.2, 0) is 0 Å². The molecular formula is C17H12ClN5O. The van der Waals surface area contributed by atoms with Crippen molar-refractivity contribution in [3.8, 4) is 11.8 Å². The Bertz CT molecular complexity index is 911. The number of nitrogens with zero attached hydrogens (tertiary/aromatic N) is 3. The average molecular weight is 338 g/mol. The highest BCUT2D eigenvalue weighted by Crippen LogP contribution is 2.20. The summed E-state index contributed by atoms with van der Waals surface area (Å²) in [6, 6.07) is 15.5. The maximum Gasteiger partial charge on any atom is 0.323 e. The summed E-state index contributed by atoms with van der Waals surface area (Å²) in [6.45, 7) is 0. The second-order valence-electron chi connectivity index (χ2n) is 4.89. The molecule has 2 aromatic carbocycles. The Hall–Kier alpha value is -3.30. The van der Waals surface area contributed by atoms with Crippen molar-refractivity contribution in [2.45, 2.75) is 0 Å². The molecule has 24 heavy (non-hydrogen) atoms. The second kappa shape index (κ2) is 6.86. The summed E-state index contributed by atoms with van der Waals surface area (Å²) in [4.78, 5) is 12.0. The molecule has 118 valence electrons. The maximum atomic E-state index is 12.0. The number of benzene rings is 2. The summed E-state index contributed by atoms with van der Waals surface area (Å²) in [5.41, 5.74) is 2.37. The standard InChI is InChI=1S/C17H12ClN5O/c18-15-3-1-2-4-16(15)23-11-14(10-20-23)22-17(24)21-13-7-5-12(9-19)6-8-13/h1-8,10-11H,(H2,21,22,24). The Kier molecular flexibility index (Phi) is 4.45. The normalized spacial score (nSPS) is 10.0. The zero-order chi connectivity index (χ0) is 16.9. The zero-order valence-corrected chi connectivity index (χ0v) is 13.2. The van der Waals surface area contributed by atoms with Crippen molar-refractivity contribution in [3.63, 3.8) is 0 Å². The van der Waals surface area contributed by atoms with Crippen molar-refractivity contribution in [2.75, 3.05) is 10.6 Å². The van der Waals surface area contributed by atoms with Crippen molar-refractivity contribution in [3.05, 3.63) is 71.5 Å². The lowest BCUT2D eigenvalue weighted by Gasteiger charge is -2.06. The minimum Gasteiger partial charge on any atom is -0.308 e. The van der Waals surface area contributed by atoms with Crippen molar-refractivity contribution in [1.29, 1.82) is 5.26 Å². The third-order valence-corrected chi connectivity index (χ3v) is 3.53. The van der Waals surface area contributed by atoms with E-state index < -0.39 is 6.03 Å². The molecule has 0 fully saturated rings. The van der Waals surface area contributed by atoms with Gasteiger partial charge in [0.2, 0.25) is 0 Å². The molecule has 1 heterocycles. The van der Waals surface area contributed by atoms with Crippen LogP contribution in [0.1, 0.15) is 5.56 Å². The highest BCUT2D eigenvalue weighted by molar-refractivity contribution is 6.32. The highest BCUT2D eigenvalue weighted by atomic mass is 35.5. The van der Waals surface area contributed by atoms with Crippen LogP contribution >= 0.6 is 11.6 Å². The molecule has 7 heteroatoms. The van der Waals surface area contributed by atoms with Gasteiger partial charge >= 0.3 is 6.03 Å². The molecule has 2 amide bonds. The van der Waals surface area contributed by atoms with Crippen LogP contribution in [0, 0.1) is 11.3 Å². The summed E-state index contributed by atoms with van der Waals surface area (Å²) < 4.78 is 1.58. The topological polar surface area (TPSA) is 82.7 Å². The van der Waals surface area contributed by atoms with E-state index in [0.717, 1.165) is 5.69 Å². The van der Waals surface area contributed by atoms with Crippen LogP contribution in [0.5, 0.6) is 0 Å². The van der Waals surface area contributed by atoms with Crippen LogP contribution in [0.25, 0.3) is 5.69 Å². The number of nitrogens with one attached hydrogen (secondary N) is 2. The molecule has 2 N–H and O–H groups in total. The number of urea groups is 1. The van der Waals surface area contributed by atoms with Crippen molar-refractivity contribution in [2.24, 2.45) is 0 Å². The van der Waals surface area contributed by atoms with Gasteiger partial charge in [-0.2, -0.15) is 10.4 Å². The smallest absolute Gasteiger partial charge is 0.308 e. The highest BCUT2D eigenvalue weighted by Gasteiger charge is 2.07. The van der Waals surface area contributed by atoms with Crippen LogP contribution < -0.4 is 10.6 Å². The van der Waals surface area contributed by atoms with Crippen LogP contribution in [0.15, 0.2) is 60.9 Å². The molecule has 0 radical (unpaired) electrons. The minimum absolute atomic E-state index is 0.404. The Morgan fingerprint density at radius 1 is 1.08 bits per heavy atom. The fourth-order valence-corrected chi connectivity index (χ4v) is 2.30. The van der Waals surface area contributed by atoms with E-state index in [1.807, 2.05) is 24.3 Å². The van der Waals surface area contributed by atoms with E-state index in [-0.39, 0.29) is 0 Å². The first-order chi connectivity index (χ1) is 11.7. The number of carbonyl (C=O) groups excluding carboxylic acids is 1. The van der Waals surface area contributed by atoms with Gasteiger partial charge in [0.1, 0.15) is 0 Å². The zero-order valence-electron chi connectivity index (χ0n) is 12.4. The Balaban J connectivity index is 1.67. The third kappa shape index (κ3) is 3.54. The fourth-order valence-electron chi connectivity index (χ4n) is 2.08. The summed E-state index contributed by atoms with van der Waals surface area (Å²) in [5, 5.41) is 18.9. The first-order valence-corrected chi connectivity index (χ1v) is 7.41. The van der Waals surface area contributed by atoms with E-state index in [9.17, 15) is 4.79 Å². The molecule has 0 unspecified atom stereocenters. The molecule has 6 nitrogen and oxygen atoms in total. The number of rotatable bonds is 3. The maximum absolute atomic E-state index is 12.0. The SMILES string of the molecule is N#Cc1ccc(NC(=O)Nc2cnn(-c3ccccc3Cl)c2)cc1. The fraction of sp³-hybridized carbons (Fsp3) is 0. The Morgan fingerprint density at radius 2 is 1.79 bits per heavy atom. The van der Waals surface area contributed by atoms with Gasteiger partial charge in [-0.15, -0.1) is 0 Å². The Labute approximate surface area is 143 Å². The molecule has 0 atom stereocenters. The quantitative estimate of drug-likeness (QED) is 0.756. The van der Waals surface area contributed by atoms with E-state index >= 15 is 0 Å². The number of amides is 2. The van der Waals surface area contributed by atoms with Crippen LogP contribution in [0.3, 0.4) is 0 Å². The molecule has 0 saturated heterocycles. The van der Waals surface area contributed by atoms with Gasteiger partial charge in [0.15, 0.2) is 0 Å². The third-order valence-electron chi connectivity index (χ3n) is 3.21. The first kappa shape index (κ1) is 15.6. The lowest BCUT2D eigenvalue weighted by molar-refractivity contribution is 0.262. The predicted molar refractivity (Wildman–Crippen MR) is 92.4 cm³/mol. The van der Waals surface area contributed by atoms with E-state index in [1.165, 1.54) is 6.20 Å². The second-order valence-corrected chi connectivity index (χ2v) is 5.30. The Morgan fingerprint density at radius 3 is 2.50 bits per heavy atom. The van der Waals surface area contributed by atoms with E-state index in [1.54, 1.807) is 41.2 Å². The number of hydrogen-bond donors (Lipinski definition) is 2. The van der Waals surface area contributed by atoms with Gasteiger partial charge in [-0.3, -0.25) is 0 Å². The summed E-state index contributed by atoms with van der Waals surface area (Å²) in [5.74, 6) is 0. The van der Waals surface area contributed by atoms with Gasteiger partial charge in [-0.05, 0) is 36.4 Å². The minimum atomic E-state index is -0.404. The summed E-state index contributed by atoms with van der Waals surface area (Å²) >= 11 is 6.12. The molecular weight excluding hydrogens is 326 g/mol. The van der Waals surface area contributed by atoms with Gasteiger partial charge in [0.25, 0.3) is 0 Å². The van der Waals surface area contributed by atoms with Crippen molar-refractivity contribution < 1.29 is 4.79 Å². The molecule has 0 saturated carbocycles. The molecule has 3 aromatic rings. The van der Waals surface area contributed by atoms with E-state index in [2.05, 4.69) is 15.7 Å². The molecule has 0 aliphatic carbocycles. The molecule has 0 spiro atoms. The average Bonchev–Trinajstić information content (AvgIpc) is 3.04. The monoisotopic (exact) mass is 337 g/mol. The number of halogens is 1. The molecule has 3 rings (SSSR count). The number of hydrogen-bond acceptors (Lipinski definition) is 3. The van der Waals surface area contributed by atoms with Crippen LogP contribution in [-0.4, -0.2) is 15.8 Å². The first-order valence-electron chi connectivity index (χ1n) is 7.03. The molecule has 0 bridgehead atoms.